The Kier molecular flexibility index (Phi) is 13.1. The van der Waals surface area contributed by atoms with Gasteiger partial charge in [-0.05, 0) is 83.3 Å². The van der Waals surface area contributed by atoms with Gasteiger partial charge in [0.2, 0.25) is 11.5 Å². The highest BCUT2D eigenvalue weighted by Gasteiger charge is 2.13. The van der Waals surface area contributed by atoms with Crippen molar-refractivity contribution in [3.8, 4) is 51.7 Å². The molecule has 0 fully saturated rings. The van der Waals surface area contributed by atoms with Gasteiger partial charge in [0, 0.05) is 0 Å². The van der Waals surface area contributed by atoms with Gasteiger partial charge >= 0.3 is 0 Å². The molecule has 0 bridgehead atoms. The highest BCUT2D eigenvalue weighted by atomic mass is 16.5. The maximum absolute atomic E-state index is 9.81. The third-order valence-corrected chi connectivity index (χ3v) is 6.93. The third kappa shape index (κ3) is 8.81. The van der Waals surface area contributed by atoms with E-state index in [4.69, 9.17) is 37.9 Å². The summed E-state index contributed by atoms with van der Waals surface area (Å²) in [6.07, 6.45) is 7.81. The number of aryl methyl sites for hydroxylation is 1. The van der Waals surface area contributed by atoms with Gasteiger partial charge in [0.05, 0.1) is 56.9 Å². The highest BCUT2D eigenvalue weighted by Crippen LogP contribution is 2.40. The molecular formula is C37H42O9. The number of phenols is 1. The highest BCUT2D eigenvalue weighted by molar-refractivity contribution is 5.74. The normalized spacial score (nSPS) is 10.6. The molecule has 0 aliphatic carbocycles. The van der Waals surface area contributed by atoms with Crippen molar-refractivity contribution in [3.05, 3.63) is 88.5 Å². The molecule has 0 atom stereocenters. The number of phenolic OH excluding ortho intramolecular Hbond substituents is 1. The molecule has 0 radical (unpaired) electrons. The van der Waals surface area contributed by atoms with E-state index in [9.17, 15) is 5.11 Å². The summed E-state index contributed by atoms with van der Waals surface area (Å²) in [5, 5.41) is 9.81. The summed E-state index contributed by atoms with van der Waals surface area (Å²) in [6.45, 7) is 2.02. The van der Waals surface area contributed by atoms with Crippen LogP contribution in [0.4, 0.5) is 0 Å². The first-order valence-electron chi connectivity index (χ1n) is 14.2. The Morgan fingerprint density at radius 3 is 1.07 bits per heavy atom. The Hall–Kier alpha value is -5.44. The number of aromatic hydroxyl groups is 1. The molecule has 9 heteroatoms. The van der Waals surface area contributed by atoms with E-state index in [1.54, 1.807) is 61.9 Å². The minimum absolute atomic E-state index is 0.0968. The SMILES string of the molecule is COc1ccc(/C=C/c2cc(OC)c(OC)c(OC)c2)cc1C.COc1ccc(/C=C\c2cc(OC)c(OC)c(OC)c2)cc1O. The van der Waals surface area contributed by atoms with Crippen LogP contribution in [-0.2, 0) is 0 Å². The van der Waals surface area contributed by atoms with Crippen LogP contribution in [0.1, 0.15) is 27.8 Å². The van der Waals surface area contributed by atoms with Gasteiger partial charge in [-0.3, -0.25) is 0 Å². The van der Waals surface area contributed by atoms with Gasteiger partial charge in [0.15, 0.2) is 34.5 Å². The van der Waals surface area contributed by atoms with E-state index in [-0.39, 0.29) is 5.75 Å². The van der Waals surface area contributed by atoms with Crippen molar-refractivity contribution in [1.29, 1.82) is 0 Å². The van der Waals surface area contributed by atoms with E-state index in [1.165, 1.54) is 7.11 Å². The molecule has 0 unspecified atom stereocenters. The molecule has 4 rings (SSSR count). The molecule has 4 aromatic carbocycles. The van der Waals surface area contributed by atoms with Crippen LogP contribution in [0.5, 0.6) is 51.7 Å². The second-order valence-electron chi connectivity index (χ2n) is 9.74. The summed E-state index contributed by atoms with van der Waals surface area (Å²) >= 11 is 0. The first kappa shape index (κ1) is 35.0. The average molecular weight is 631 g/mol. The lowest BCUT2D eigenvalue weighted by Crippen LogP contribution is -1.95. The molecule has 1 N–H and O–H groups in total. The van der Waals surface area contributed by atoms with Gasteiger partial charge in [-0.15, -0.1) is 0 Å². The Balaban J connectivity index is 0.000000250. The lowest BCUT2D eigenvalue weighted by molar-refractivity contribution is 0.324. The van der Waals surface area contributed by atoms with E-state index in [0.29, 0.717) is 40.2 Å². The molecule has 0 aliphatic rings. The maximum atomic E-state index is 9.81. The maximum Gasteiger partial charge on any atom is 0.203 e. The van der Waals surface area contributed by atoms with Crippen LogP contribution >= 0.6 is 0 Å². The molecule has 0 saturated carbocycles. The lowest BCUT2D eigenvalue weighted by atomic mass is 10.1. The molecule has 0 spiro atoms. The van der Waals surface area contributed by atoms with Crippen LogP contribution in [-0.4, -0.2) is 62.0 Å². The average Bonchev–Trinajstić information content (AvgIpc) is 3.08. The monoisotopic (exact) mass is 630 g/mol. The molecule has 0 amide bonds. The van der Waals surface area contributed by atoms with Crippen molar-refractivity contribution in [3.63, 3.8) is 0 Å². The van der Waals surface area contributed by atoms with Crippen LogP contribution in [0.25, 0.3) is 24.3 Å². The van der Waals surface area contributed by atoms with Crippen LogP contribution in [0, 0.1) is 6.92 Å². The van der Waals surface area contributed by atoms with E-state index < -0.39 is 0 Å². The van der Waals surface area contributed by atoms with Gasteiger partial charge in [0.1, 0.15) is 5.75 Å². The summed E-state index contributed by atoms with van der Waals surface area (Å²) in [7, 11) is 12.7. The quantitative estimate of drug-likeness (QED) is 0.157. The van der Waals surface area contributed by atoms with Crippen molar-refractivity contribution < 1.29 is 43.0 Å². The minimum Gasteiger partial charge on any atom is -0.504 e. The molecule has 0 aliphatic heterocycles. The van der Waals surface area contributed by atoms with Crippen LogP contribution in [0.3, 0.4) is 0 Å². The molecule has 0 heterocycles. The molecule has 0 saturated heterocycles. The second kappa shape index (κ2) is 17.2. The number of ether oxygens (including phenoxy) is 8. The van der Waals surface area contributed by atoms with E-state index >= 15 is 0 Å². The first-order chi connectivity index (χ1) is 22.2. The van der Waals surface area contributed by atoms with Gasteiger partial charge in [-0.2, -0.15) is 0 Å². The first-order valence-corrected chi connectivity index (χ1v) is 14.2. The lowest BCUT2D eigenvalue weighted by Gasteiger charge is -2.12. The summed E-state index contributed by atoms with van der Waals surface area (Å²) < 4.78 is 42.3. The van der Waals surface area contributed by atoms with Crippen molar-refractivity contribution in [2.75, 3.05) is 56.9 Å². The van der Waals surface area contributed by atoms with E-state index in [2.05, 4.69) is 6.07 Å². The summed E-state index contributed by atoms with van der Waals surface area (Å²) in [5.41, 5.74) is 4.89. The summed E-state index contributed by atoms with van der Waals surface area (Å²) in [4.78, 5) is 0. The Morgan fingerprint density at radius 1 is 0.391 bits per heavy atom. The second-order valence-corrected chi connectivity index (χ2v) is 9.74. The topological polar surface area (TPSA) is 94.1 Å². The minimum atomic E-state index is 0.0968. The predicted molar refractivity (Wildman–Crippen MR) is 182 cm³/mol. The fraction of sp³-hybridized carbons (Fsp3) is 0.243. The van der Waals surface area contributed by atoms with Gasteiger partial charge in [-0.25, -0.2) is 0 Å². The standard InChI is InChI=1S/C19H22O4.C18H20O5/c1-13-10-14(8-9-16(13)20-2)6-7-15-11-17(21-3)19(23-5)18(12-15)22-4;1-20-15-8-7-12(9-14(15)19)5-6-13-10-16(21-2)18(23-4)17(11-13)22-3/h6-12H,1-5H3;5-11,19H,1-4H3/b7-6+;6-5-. The number of hydrogen-bond acceptors (Lipinski definition) is 9. The summed E-state index contributed by atoms with van der Waals surface area (Å²) in [5.74, 6) is 5.01. The molecular weight excluding hydrogens is 588 g/mol. The third-order valence-electron chi connectivity index (χ3n) is 6.93. The number of hydrogen-bond donors (Lipinski definition) is 1. The van der Waals surface area contributed by atoms with E-state index in [1.807, 2.05) is 73.7 Å². The van der Waals surface area contributed by atoms with Gasteiger partial charge < -0.3 is 43.0 Å². The largest absolute Gasteiger partial charge is 0.504 e. The molecule has 46 heavy (non-hydrogen) atoms. The Bertz CT molecular complexity index is 1480. The van der Waals surface area contributed by atoms with Crippen molar-refractivity contribution >= 4 is 24.3 Å². The zero-order valence-electron chi connectivity index (χ0n) is 27.8. The number of benzene rings is 4. The van der Waals surface area contributed by atoms with Crippen molar-refractivity contribution in [1.82, 2.24) is 0 Å². The smallest absolute Gasteiger partial charge is 0.203 e. The summed E-state index contributed by atoms with van der Waals surface area (Å²) in [6, 6.07) is 18.8. The zero-order valence-corrected chi connectivity index (χ0v) is 27.8. The molecule has 244 valence electrons. The molecule has 4 aromatic rings. The Labute approximate surface area is 271 Å². The Morgan fingerprint density at radius 2 is 0.739 bits per heavy atom. The number of methoxy groups -OCH3 is 8. The van der Waals surface area contributed by atoms with Crippen molar-refractivity contribution in [2.45, 2.75) is 6.92 Å². The van der Waals surface area contributed by atoms with Crippen LogP contribution in [0.15, 0.2) is 60.7 Å². The molecule has 9 nitrogen and oxygen atoms in total. The van der Waals surface area contributed by atoms with E-state index in [0.717, 1.165) is 33.6 Å². The fourth-order valence-electron chi connectivity index (χ4n) is 4.60. The number of rotatable bonds is 12. The van der Waals surface area contributed by atoms with Crippen LogP contribution in [0.2, 0.25) is 0 Å². The fourth-order valence-corrected chi connectivity index (χ4v) is 4.60. The zero-order chi connectivity index (χ0) is 33.6. The van der Waals surface area contributed by atoms with Gasteiger partial charge in [0.25, 0.3) is 0 Å². The van der Waals surface area contributed by atoms with Crippen LogP contribution < -0.4 is 37.9 Å². The van der Waals surface area contributed by atoms with Gasteiger partial charge in [-0.1, -0.05) is 36.4 Å². The molecule has 0 aromatic heterocycles. The van der Waals surface area contributed by atoms with Crippen molar-refractivity contribution in [2.24, 2.45) is 0 Å². The predicted octanol–water partition coefficient (Wildman–Crippen LogP) is 7.80.